The number of cyclic esters (lactones) is 1. The Morgan fingerprint density at radius 2 is 2.14 bits per heavy atom. The number of nitriles is 1. The summed E-state index contributed by atoms with van der Waals surface area (Å²) >= 11 is 0. The summed E-state index contributed by atoms with van der Waals surface area (Å²) in [6.45, 7) is 0. The average molecular weight is 288 g/mol. The van der Waals surface area contributed by atoms with Crippen molar-refractivity contribution in [3.05, 3.63) is 24.2 Å². The molecule has 5 nitrogen and oxygen atoms in total. The molecule has 0 radical (unpaired) electrons. The highest BCUT2D eigenvalue weighted by Gasteiger charge is 2.44. The Kier molecular flexibility index (Phi) is 4.14. The van der Waals surface area contributed by atoms with Gasteiger partial charge in [0.25, 0.3) is 0 Å². The van der Waals surface area contributed by atoms with Crippen LogP contribution < -0.4 is 5.32 Å². The third-order valence-electron chi connectivity index (χ3n) is 4.68. The Labute approximate surface area is 124 Å². The standard InChI is InChI=1S/C16H20N2O3/c17-9-8-12-14(11-5-2-1-3-6-11)15(21-16(19)18-12)13-7-4-10-20-13/h4,7,10-12,14-15H,1-3,5-6,8H2,(H,18,19)/t12-,14-,15+/m1/s1. The van der Waals surface area contributed by atoms with Crippen LogP contribution in [0.15, 0.2) is 22.8 Å². The predicted molar refractivity (Wildman–Crippen MR) is 75.1 cm³/mol. The van der Waals surface area contributed by atoms with Gasteiger partial charge in [0.15, 0.2) is 6.10 Å². The highest BCUT2D eigenvalue weighted by molar-refractivity contribution is 5.69. The van der Waals surface area contributed by atoms with Crippen LogP contribution in [0.4, 0.5) is 4.79 Å². The molecule has 2 aliphatic rings. The molecule has 1 aromatic heterocycles. The lowest BCUT2D eigenvalue weighted by Crippen LogP contribution is -2.51. The number of carbonyl (C=O) groups is 1. The van der Waals surface area contributed by atoms with Gasteiger partial charge in [-0.3, -0.25) is 0 Å². The second-order valence-electron chi connectivity index (χ2n) is 5.93. The molecule has 112 valence electrons. The molecule has 1 aliphatic carbocycles. The van der Waals surface area contributed by atoms with Crippen molar-refractivity contribution in [3.8, 4) is 6.07 Å². The van der Waals surface area contributed by atoms with Gasteiger partial charge in [-0.1, -0.05) is 19.3 Å². The molecule has 1 N–H and O–H groups in total. The fraction of sp³-hybridized carbons (Fsp3) is 0.625. The van der Waals surface area contributed by atoms with Crippen molar-refractivity contribution in [2.45, 2.75) is 50.7 Å². The van der Waals surface area contributed by atoms with Crippen molar-refractivity contribution in [2.24, 2.45) is 11.8 Å². The van der Waals surface area contributed by atoms with Crippen molar-refractivity contribution in [3.63, 3.8) is 0 Å². The van der Waals surface area contributed by atoms with Gasteiger partial charge in [0, 0.05) is 5.92 Å². The summed E-state index contributed by atoms with van der Waals surface area (Å²) in [5.41, 5.74) is 0. The lowest BCUT2D eigenvalue weighted by Gasteiger charge is -2.42. The van der Waals surface area contributed by atoms with Gasteiger partial charge in [0.2, 0.25) is 0 Å². The highest BCUT2D eigenvalue weighted by atomic mass is 16.6. The van der Waals surface area contributed by atoms with E-state index in [4.69, 9.17) is 14.4 Å². The van der Waals surface area contributed by atoms with Gasteiger partial charge in [-0.2, -0.15) is 5.26 Å². The second kappa shape index (κ2) is 6.21. The molecule has 2 heterocycles. The normalized spacial score (nSPS) is 30.2. The van der Waals surface area contributed by atoms with Crippen LogP contribution in [-0.2, 0) is 4.74 Å². The molecule has 0 unspecified atom stereocenters. The molecule has 5 heteroatoms. The van der Waals surface area contributed by atoms with Crippen molar-refractivity contribution >= 4 is 6.09 Å². The van der Waals surface area contributed by atoms with Crippen LogP contribution >= 0.6 is 0 Å². The van der Waals surface area contributed by atoms with Crippen LogP contribution in [0.5, 0.6) is 0 Å². The molecule has 1 saturated carbocycles. The molecular weight excluding hydrogens is 268 g/mol. The molecule has 1 amide bonds. The fourth-order valence-electron chi connectivity index (χ4n) is 3.77. The van der Waals surface area contributed by atoms with Crippen LogP contribution in [0, 0.1) is 23.2 Å². The topological polar surface area (TPSA) is 75.3 Å². The monoisotopic (exact) mass is 288 g/mol. The molecule has 0 aromatic carbocycles. The van der Waals surface area contributed by atoms with Crippen LogP contribution in [0.3, 0.4) is 0 Å². The number of alkyl carbamates (subject to hydrolysis) is 1. The maximum absolute atomic E-state index is 11.8. The molecule has 0 spiro atoms. The van der Waals surface area contributed by atoms with Crippen LogP contribution in [-0.4, -0.2) is 12.1 Å². The van der Waals surface area contributed by atoms with E-state index in [9.17, 15) is 4.79 Å². The average Bonchev–Trinajstić information content (AvgIpc) is 3.02. The minimum absolute atomic E-state index is 0.105. The van der Waals surface area contributed by atoms with Gasteiger partial charge in [-0.15, -0.1) is 0 Å². The van der Waals surface area contributed by atoms with E-state index in [1.807, 2.05) is 12.1 Å². The summed E-state index contributed by atoms with van der Waals surface area (Å²) in [5, 5.41) is 11.9. The van der Waals surface area contributed by atoms with E-state index in [1.165, 1.54) is 19.3 Å². The summed E-state index contributed by atoms with van der Waals surface area (Å²) in [4.78, 5) is 11.8. The third kappa shape index (κ3) is 2.90. The Morgan fingerprint density at radius 1 is 1.33 bits per heavy atom. The number of nitrogens with one attached hydrogen (secondary N) is 1. The number of ether oxygens (including phenoxy) is 1. The lowest BCUT2D eigenvalue weighted by molar-refractivity contribution is -0.0271. The Hall–Kier alpha value is -1.96. The van der Waals surface area contributed by atoms with Gasteiger partial charge in [-0.25, -0.2) is 4.79 Å². The van der Waals surface area contributed by atoms with Gasteiger partial charge in [0.05, 0.1) is 24.8 Å². The van der Waals surface area contributed by atoms with E-state index < -0.39 is 6.09 Å². The second-order valence-corrected chi connectivity index (χ2v) is 5.93. The van der Waals surface area contributed by atoms with Gasteiger partial charge >= 0.3 is 6.09 Å². The smallest absolute Gasteiger partial charge is 0.408 e. The molecule has 3 atom stereocenters. The summed E-state index contributed by atoms with van der Waals surface area (Å²) in [6.07, 6.45) is 7.02. The quantitative estimate of drug-likeness (QED) is 0.923. The zero-order valence-corrected chi connectivity index (χ0v) is 12.0. The minimum atomic E-state index is -0.455. The molecule has 2 fully saturated rings. The Morgan fingerprint density at radius 3 is 2.81 bits per heavy atom. The van der Waals surface area contributed by atoms with Crippen LogP contribution in [0.25, 0.3) is 0 Å². The summed E-state index contributed by atoms with van der Waals surface area (Å²) in [7, 11) is 0. The number of amides is 1. The summed E-state index contributed by atoms with van der Waals surface area (Å²) in [5.74, 6) is 1.25. The maximum atomic E-state index is 11.8. The lowest BCUT2D eigenvalue weighted by atomic mass is 9.72. The highest BCUT2D eigenvalue weighted by Crippen LogP contribution is 2.43. The molecule has 3 rings (SSSR count). The Balaban J connectivity index is 1.89. The fourth-order valence-corrected chi connectivity index (χ4v) is 3.77. The number of carbonyl (C=O) groups excluding carboxylic acids is 1. The molecule has 1 aromatic rings. The molecule has 1 saturated heterocycles. The summed E-state index contributed by atoms with van der Waals surface area (Å²) < 4.78 is 11.0. The molecular formula is C16H20N2O3. The first-order valence-corrected chi connectivity index (χ1v) is 7.67. The van der Waals surface area contributed by atoms with Crippen LogP contribution in [0.2, 0.25) is 0 Å². The SMILES string of the molecule is N#CC[C@H]1NC(=O)O[C@@H](c2ccco2)[C@@H]1C1CCCCC1. The van der Waals surface area contributed by atoms with E-state index in [0.717, 1.165) is 12.8 Å². The van der Waals surface area contributed by atoms with Crippen LogP contribution in [0.1, 0.15) is 50.4 Å². The number of rotatable bonds is 3. The van der Waals surface area contributed by atoms with E-state index in [1.54, 1.807) is 6.26 Å². The van der Waals surface area contributed by atoms with Crippen molar-refractivity contribution in [1.82, 2.24) is 5.32 Å². The van der Waals surface area contributed by atoms with Gasteiger partial charge in [0.1, 0.15) is 5.76 Å². The number of hydrogen-bond donors (Lipinski definition) is 1. The first-order valence-electron chi connectivity index (χ1n) is 7.67. The van der Waals surface area contributed by atoms with Gasteiger partial charge in [-0.05, 0) is 30.9 Å². The molecule has 1 aliphatic heterocycles. The number of hydrogen-bond acceptors (Lipinski definition) is 4. The zero-order valence-electron chi connectivity index (χ0n) is 12.0. The van der Waals surface area contributed by atoms with E-state index in [2.05, 4.69) is 11.4 Å². The van der Waals surface area contributed by atoms with E-state index in [0.29, 0.717) is 18.1 Å². The zero-order chi connectivity index (χ0) is 14.7. The Bertz CT molecular complexity index is 514. The first kappa shape index (κ1) is 14.0. The third-order valence-corrected chi connectivity index (χ3v) is 4.68. The van der Waals surface area contributed by atoms with Crippen molar-refractivity contribution < 1.29 is 13.9 Å². The predicted octanol–water partition coefficient (Wildman–Crippen LogP) is 3.54. The molecule has 21 heavy (non-hydrogen) atoms. The van der Waals surface area contributed by atoms with Crippen molar-refractivity contribution in [2.75, 3.05) is 0 Å². The van der Waals surface area contributed by atoms with E-state index in [-0.39, 0.29) is 18.1 Å². The number of furan rings is 1. The van der Waals surface area contributed by atoms with Crippen molar-refractivity contribution in [1.29, 1.82) is 5.26 Å². The minimum Gasteiger partial charge on any atom is -0.465 e. The number of nitrogens with zero attached hydrogens (tertiary/aromatic N) is 1. The largest absolute Gasteiger partial charge is 0.465 e. The van der Waals surface area contributed by atoms with Gasteiger partial charge < -0.3 is 14.5 Å². The summed E-state index contributed by atoms with van der Waals surface area (Å²) in [6, 6.07) is 5.69. The first-order chi connectivity index (χ1) is 10.3. The molecule has 0 bridgehead atoms. The van der Waals surface area contributed by atoms with E-state index >= 15 is 0 Å². The maximum Gasteiger partial charge on any atom is 0.408 e.